The van der Waals surface area contributed by atoms with Crippen molar-refractivity contribution in [3.63, 3.8) is 0 Å². The molecular formula is C30H27BO2S. The van der Waals surface area contributed by atoms with E-state index in [-0.39, 0.29) is 18.3 Å². The minimum atomic E-state index is -0.337. The summed E-state index contributed by atoms with van der Waals surface area (Å²) >= 11 is 1.87. The maximum atomic E-state index is 6.23. The van der Waals surface area contributed by atoms with Crippen molar-refractivity contribution in [1.82, 2.24) is 0 Å². The summed E-state index contributed by atoms with van der Waals surface area (Å²) in [5, 5.41) is 2.63. The number of fused-ring (bicyclic) bond motifs is 3. The van der Waals surface area contributed by atoms with Gasteiger partial charge in [-0.3, -0.25) is 0 Å². The predicted molar refractivity (Wildman–Crippen MR) is 146 cm³/mol. The van der Waals surface area contributed by atoms with Gasteiger partial charge in [-0.15, -0.1) is 11.3 Å². The Hall–Kier alpha value is -2.92. The zero-order valence-corrected chi connectivity index (χ0v) is 20.8. The number of hydrogen-bond acceptors (Lipinski definition) is 3. The van der Waals surface area contributed by atoms with E-state index < -0.39 is 0 Å². The Balaban J connectivity index is 1.38. The van der Waals surface area contributed by atoms with Gasteiger partial charge in [0.1, 0.15) is 0 Å². The number of thiophene rings is 1. The molecule has 0 amide bonds. The Labute approximate surface area is 205 Å². The largest absolute Gasteiger partial charge is 0.494 e. The van der Waals surface area contributed by atoms with Crippen LogP contribution >= 0.6 is 11.3 Å². The van der Waals surface area contributed by atoms with Crippen LogP contribution in [0.25, 0.3) is 42.4 Å². The molecule has 5 aromatic rings. The summed E-state index contributed by atoms with van der Waals surface area (Å²) in [7, 11) is -0.337. The lowest BCUT2D eigenvalue weighted by Crippen LogP contribution is -2.41. The first-order chi connectivity index (χ1) is 16.3. The Morgan fingerprint density at radius 1 is 0.618 bits per heavy atom. The fourth-order valence-corrected chi connectivity index (χ4v) is 5.91. The van der Waals surface area contributed by atoms with Crippen LogP contribution in [0, 0.1) is 0 Å². The third-order valence-corrected chi connectivity index (χ3v) is 8.55. The predicted octanol–water partition coefficient (Wildman–Crippen LogP) is 7.69. The number of hydrogen-bond donors (Lipinski definition) is 0. The molecule has 1 fully saturated rings. The van der Waals surface area contributed by atoms with Crippen LogP contribution in [0.2, 0.25) is 0 Å². The first kappa shape index (κ1) is 21.6. The third kappa shape index (κ3) is 3.49. The fraction of sp³-hybridized carbons (Fsp3) is 0.200. The highest BCUT2D eigenvalue weighted by Crippen LogP contribution is 2.41. The highest BCUT2D eigenvalue weighted by Gasteiger charge is 2.51. The molecular weight excluding hydrogens is 435 g/mol. The molecule has 0 aliphatic carbocycles. The topological polar surface area (TPSA) is 18.5 Å². The Morgan fingerprint density at radius 3 is 2.00 bits per heavy atom. The van der Waals surface area contributed by atoms with Crippen molar-refractivity contribution in [1.29, 1.82) is 0 Å². The standard InChI is InChI=1S/C30H27BO2S/c1-29(2)30(3,4)33-31(32-29)23-16-13-21(14-17-23)24-11-8-12-26-25-18-15-22(19-27(25)34-28(24)26)20-9-6-5-7-10-20/h5-19H,1-4H3. The molecule has 34 heavy (non-hydrogen) atoms. The zero-order chi connectivity index (χ0) is 23.5. The van der Waals surface area contributed by atoms with Gasteiger partial charge >= 0.3 is 7.12 Å². The van der Waals surface area contributed by atoms with E-state index in [1.54, 1.807) is 0 Å². The van der Waals surface area contributed by atoms with E-state index in [1.807, 2.05) is 11.3 Å². The lowest BCUT2D eigenvalue weighted by atomic mass is 9.78. The van der Waals surface area contributed by atoms with E-state index in [4.69, 9.17) is 9.31 Å². The van der Waals surface area contributed by atoms with Gasteiger partial charge < -0.3 is 9.31 Å². The van der Waals surface area contributed by atoms with Crippen molar-refractivity contribution in [3.05, 3.63) is 91.0 Å². The van der Waals surface area contributed by atoms with Gasteiger partial charge in [0.25, 0.3) is 0 Å². The van der Waals surface area contributed by atoms with Crippen molar-refractivity contribution < 1.29 is 9.31 Å². The average Bonchev–Trinajstić information content (AvgIpc) is 3.32. The second-order valence-corrected chi connectivity index (χ2v) is 11.1. The van der Waals surface area contributed by atoms with Crippen LogP contribution in [0.3, 0.4) is 0 Å². The molecule has 0 unspecified atom stereocenters. The summed E-state index contributed by atoms with van der Waals surface area (Å²) in [5.41, 5.74) is 5.36. The molecule has 0 spiro atoms. The summed E-state index contributed by atoms with van der Waals surface area (Å²) in [4.78, 5) is 0. The van der Waals surface area contributed by atoms with Gasteiger partial charge in [0.2, 0.25) is 0 Å². The van der Waals surface area contributed by atoms with Crippen LogP contribution < -0.4 is 5.46 Å². The van der Waals surface area contributed by atoms with Gasteiger partial charge in [0.15, 0.2) is 0 Å². The second kappa shape index (κ2) is 7.81. The molecule has 1 saturated heterocycles. The van der Waals surface area contributed by atoms with Gasteiger partial charge in [0, 0.05) is 20.2 Å². The summed E-state index contributed by atoms with van der Waals surface area (Å²) in [6, 6.07) is 32.7. The Kier molecular flexibility index (Phi) is 4.96. The molecule has 0 N–H and O–H groups in total. The molecule has 0 atom stereocenters. The number of benzene rings is 4. The van der Waals surface area contributed by atoms with Crippen molar-refractivity contribution in [2.24, 2.45) is 0 Å². The fourth-order valence-electron chi connectivity index (χ4n) is 4.63. The normalized spacial score (nSPS) is 17.0. The third-order valence-electron chi connectivity index (χ3n) is 7.35. The average molecular weight is 462 g/mol. The monoisotopic (exact) mass is 462 g/mol. The minimum Gasteiger partial charge on any atom is -0.399 e. The zero-order valence-electron chi connectivity index (χ0n) is 20.0. The van der Waals surface area contributed by atoms with E-state index >= 15 is 0 Å². The molecule has 0 radical (unpaired) electrons. The summed E-state index contributed by atoms with van der Waals surface area (Å²) in [6.45, 7) is 8.36. The highest BCUT2D eigenvalue weighted by molar-refractivity contribution is 7.26. The SMILES string of the molecule is CC1(C)OB(c2ccc(-c3cccc4c3sc3cc(-c5ccccc5)ccc34)cc2)OC1(C)C. The maximum Gasteiger partial charge on any atom is 0.494 e. The van der Waals surface area contributed by atoms with E-state index in [1.165, 1.54) is 42.4 Å². The minimum absolute atomic E-state index is 0.336. The van der Waals surface area contributed by atoms with Crippen LogP contribution in [0.15, 0.2) is 91.0 Å². The number of rotatable bonds is 3. The second-order valence-electron chi connectivity index (χ2n) is 10.1. The van der Waals surface area contributed by atoms with E-state index in [0.717, 1.165) is 5.46 Å². The van der Waals surface area contributed by atoms with Gasteiger partial charge in [-0.2, -0.15) is 0 Å². The highest BCUT2D eigenvalue weighted by atomic mass is 32.1. The van der Waals surface area contributed by atoms with Crippen LogP contribution in [-0.2, 0) is 9.31 Å². The molecule has 1 aromatic heterocycles. The summed E-state index contributed by atoms with van der Waals surface area (Å²) in [5.74, 6) is 0. The summed E-state index contributed by atoms with van der Waals surface area (Å²) in [6.07, 6.45) is 0. The molecule has 6 rings (SSSR count). The van der Waals surface area contributed by atoms with Crippen LogP contribution in [0.5, 0.6) is 0 Å². The first-order valence-corrected chi connectivity index (χ1v) is 12.6. The van der Waals surface area contributed by atoms with E-state index in [2.05, 4.69) is 119 Å². The van der Waals surface area contributed by atoms with Crippen molar-refractivity contribution >= 4 is 44.1 Å². The Morgan fingerprint density at radius 2 is 1.29 bits per heavy atom. The lowest BCUT2D eigenvalue weighted by molar-refractivity contribution is 0.00578. The van der Waals surface area contributed by atoms with E-state index in [9.17, 15) is 0 Å². The molecule has 2 nitrogen and oxygen atoms in total. The molecule has 168 valence electrons. The van der Waals surface area contributed by atoms with Crippen molar-refractivity contribution in [3.8, 4) is 22.3 Å². The molecule has 0 bridgehead atoms. The van der Waals surface area contributed by atoms with Crippen LogP contribution in [0.4, 0.5) is 0 Å². The van der Waals surface area contributed by atoms with Gasteiger partial charge in [-0.1, -0.05) is 84.9 Å². The molecule has 0 saturated carbocycles. The first-order valence-electron chi connectivity index (χ1n) is 11.8. The lowest BCUT2D eigenvalue weighted by Gasteiger charge is -2.32. The molecule has 1 aliphatic rings. The van der Waals surface area contributed by atoms with Gasteiger partial charge in [-0.25, -0.2) is 0 Å². The summed E-state index contributed by atoms with van der Waals surface area (Å²) < 4.78 is 15.1. The van der Waals surface area contributed by atoms with Gasteiger partial charge in [-0.05, 0) is 61.5 Å². The van der Waals surface area contributed by atoms with E-state index in [0.29, 0.717) is 0 Å². The molecule has 1 aliphatic heterocycles. The van der Waals surface area contributed by atoms with Crippen LogP contribution in [-0.4, -0.2) is 18.3 Å². The van der Waals surface area contributed by atoms with Crippen molar-refractivity contribution in [2.75, 3.05) is 0 Å². The molecule has 2 heterocycles. The van der Waals surface area contributed by atoms with Crippen LogP contribution in [0.1, 0.15) is 27.7 Å². The molecule has 4 heteroatoms. The van der Waals surface area contributed by atoms with Crippen molar-refractivity contribution in [2.45, 2.75) is 38.9 Å². The Bertz CT molecular complexity index is 1480. The smallest absolute Gasteiger partial charge is 0.399 e. The molecule has 4 aromatic carbocycles. The quantitative estimate of drug-likeness (QED) is 0.256. The maximum absolute atomic E-state index is 6.23. The van der Waals surface area contributed by atoms with Gasteiger partial charge in [0.05, 0.1) is 11.2 Å².